The van der Waals surface area contributed by atoms with Crippen LogP contribution in [0, 0.1) is 0 Å². The first-order valence-corrected chi connectivity index (χ1v) is 7.10. The highest BCUT2D eigenvalue weighted by atomic mass is 16.3. The van der Waals surface area contributed by atoms with Gasteiger partial charge in [0.25, 0.3) is 5.91 Å². The number of phenols is 2. The molecule has 5 heteroatoms. The van der Waals surface area contributed by atoms with Crippen LogP contribution in [0.15, 0.2) is 18.2 Å². The fourth-order valence-electron chi connectivity index (χ4n) is 3.40. The van der Waals surface area contributed by atoms with Crippen molar-refractivity contribution >= 4 is 5.91 Å². The molecule has 2 bridgehead atoms. The van der Waals surface area contributed by atoms with Crippen LogP contribution in [0.25, 0.3) is 0 Å². The van der Waals surface area contributed by atoms with E-state index in [-0.39, 0.29) is 23.0 Å². The summed E-state index contributed by atoms with van der Waals surface area (Å²) in [6.45, 7) is 1.34. The van der Waals surface area contributed by atoms with Gasteiger partial charge >= 0.3 is 0 Å². The molecule has 2 heterocycles. The number of nitrogens with zero attached hydrogens (tertiary/aromatic N) is 2. The van der Waals surface area contributed by atoms with E-state index in [4.69, 9.17) is 0 Å². The van der Waals surface area contributed by atoms with E-state index in [9.17, 15) is 15.0 Å². The minimum absolute atomic E-state index is 0.0212. The molecule has 2 fully saturated rings. The Kier molecular flexibility index (Phi) is 3.30. The van der Waals surface area contributed by atoms with Gasteiger partial charge in [0.2, 0.25) is 0 Å². The number of carbonyl (C=O) groups excluding carboxylic acids is 1. The topological polar surface area (TPSA) is 64.0 Å². The van der Waals surface area contributed by atoms with Gasteiger partial charge in [0.15, 0.2) is 0 Å². The molecular formula is C15H20N2O3. The van der Waals surface area contributed by atoms with Gasteiger partial charge in [-0.2, -0.15) is 0 Å². The summed E-state index contributed by atoms with van der Waals surface area (Å²) in [5.74, 6) is -0.586. The average Bonchev–Trinajstić information content (AvgIpc) is 2.62. The summed E-state index contributed by atoms with van der Waals surface area (Å²) >= 11 is 0. The highest BCUT2D eigenvalue weighted by molar-refractivity contribution is 5.99. The molecular weight excluding hydrogens is 256 g/mol. The number of benzene rings is 1. The molecule has 1 amide bonds. The van der Waals surface area contributed by atoms with Crippen LogP contribution < -0.4 is 0 Å². The number of phenolic OH excluding ortho intramolecular Hbond substituents is 2. The van der Waals surface area contributed by atoms with Gasteiger partial charge in [0.1, 0.15) is 17.1 Å². The molecule has 1 aromatic rings. The molecule has 0 saturated carbocycles. The molecule has 2 N–H and O–H groups in total. The summed E-state index contributed by atoms with van der Waals surface area (Å²) in [6, 6.07) is 5.33. The first-order chi connectivity index (χ1) is 9.58. The standard InChI is InChI=1S/C15H20N2O3/c1-16-10-5-6-11(16)9-17(8-7-10)15(20)14-12(18)3-2-4-13(14)19/h2-4,10-11,18-19H,5-9H2,1H3. The van der Waals surface area contributed by atoms with Gasteiger partial charge in [0.05, 0.1) is 0 Å². The number of likely N-dealkylation sites (N-methyl/N-ethyl adjacent to an activating group) is 1. The predicted molar refractivity (Wildman–Crippen MR) is 74.9 cm³/mol. The van der Waals surface area contributed by atoms with Crippen LogP contribution >= 0.6 is 0 Å². The van der Waals surface area contributed by atoms with Gasteiger partial charge in [-0.25, -0.2) is 0 Å². The normalized spacial score (nSPS) is 26.6. The molecule has 0 radical (unpaired) electrons. The summed E-state index contributed by atoms with van der Waals surface area (Å²) < 4.78 is 0. The minimum Gasteiger partial charge on any atom is -0.507 e. The maximum absolute atomic E-state index is 12.6. The zero-order valence-corrected chi connectivity index (χ0v) is 11.6. The molecule has 0 spiro atoms. The van der Waals surface area contributed by atoms with Crippen LogP contribution in [0.5, 0.6) is 11.5 Å². The van der Waals surface area contributed by atoms with Gasteiger partial charge in [-0.3, -0.25) is 9.69 Å². The van der Waals surface area contributed by atoms with E-state index in [0.717, 1.165) is 12.8 Å². The number of amides is 1. The minimum atomic E-state index is -0.276. The Labute approximate surface area is 118 Å². The van der Waals surface area contributed by atoms with Gasteiger partial charge < -0.3 is 15.1 Å². The third kappa shape index (κ3) is 2.12. The predicted octanol–water partition coefficient (Wildman–Crippen LogP) is 1.41. The number of hydrogen-bond donors (Lipinski definition) is 2. The Hall–Kier alpha value is -1.75. The zero-order chi connectivity index (χ0) is 14.3. The number of likely N-dealkylation sites (tertiary alicyclic amines) is 1. The molecule has 2 unspecified atom stereocenters. The smallest absolute Gasteiger partial charge is 0.261 e. The summed E-state index contributed by atoms with van der Waals surface area (Å²) in [7, 11) is 2.12. The number of fused-ring (bicyclic) bond motifs is 2. The second kappa shape index (κ2) is 4.98. The lowest BCUT2D eigenvalue weighted by Crippen LogP contribution is -2.39. The molecule has 1 aromatic carbocycles. The number of rotatable bonds is 1. The number of carbonyl (C=O) groups is 1. The second-order valence-corrected chi connectivity index (χ2v) is 5.76. The molecule has 0 aliphatic carbocycles. The van der Waals surface area contributed by atoms with Crippen LogP contribution in [-0.4, -0.2) is 58.1 Å². The number of aromatic hydroxyl groups is 2. The van der Waals surface area contributed by atoms with Crippen molar-refractivity contribution < 1.29 is 15.0 Å². The SMILES string of the molecule is CN1C2CCC1CN(C(=O)c1c(O)cccc1O)CC2. The van der Waals surface area contributed by atoms with E-state index >= 15 is 0 Å². The Balaban J connectivity index is 1.84. The monoisotopic (exact) mass is 276 g/mol. The van der Waals surface area contributed by atoms with Gasteiger partial charge in [-0.05, 0) is 38.4 Å². The average molecular weight is 276 g/mol. The molecule has 2 atom stereocenters. The largest absolute Gasteiger partial charge is 0.507 e. The second-order valence-electron chi connectivity index (χ2n) is 5.76. The van der Waals surface area contributed by atoms with Crippen molar-refractivity contribution in [2.75, 3.05) is 20.1 Å². The highest BCUT2D eigenvalue weighted by Gasteiger charge is 2.36. The molecule has 2 saturated heterocycles. The van der Waals surface area contributed by atoms with Crippen LogP contribution in [0.1, 0.15) is 29.6 Å². The Morgan fingerprint density at radius 1 is 1.15 bits per heavy atom. The van der Waals surface area contributed by atoms with Crippen molar-refractivity contribution in [2.45, 2.75) is 31.3 Å². The van der Waals surface area contributed by atoms with E-state index in [2.05, 4.69) is 11.9 Å². The van der Waals surface area contributed by atoms with Crippen molar-refractivity contribution in [3.8, 4) is 11.5 Å². The highest BCUT2D eigenvalue weighted by Crippen LogP contribution is 2.32. The fourth-order valence-corrected chi connectivity index (χ4v) is 3.40. The zero-order valence-electron chi connectivity index (χ0n) is 11.6. The summed E-state index contributed by atoms with van der Waals surface area (Å²) in [6.07, 6.45) is 3.26. The Bertz CT molecular complexity index is 512. The first kappa shape index (κ1) is 13.2. The van der Waals surface area contributed by atoms with Gasteiger partial charge in [-0.15, -0.1) is 0 Å². The summed E-state index contributed by atoms with van der Waals surface area (Å²) in [5.41, 5.74) is 0.0212. The molecule has 20 heavy (non-hydrogen) atoms. The van der Waals surface area contributed by atoms with Crippen LogP contribution in [0.3, 0.4) is 0 Å². The van der Waals surface area contributed by atoms with E-state index in [1.165, 1.54) is 24.6 Å². The van der Waals surface area contributed by atoms with Crippen LogP contribution in [0.2, 0.25) is 0 Å². The third-order valence-electron chi connectivity index (χ3n) is 4.67. The molecule has 0 aromatic heterocycles. The molecule has 2 aliphatic rings. The van der Waals surface area contributed by atoms with Gasteiger partial charge in [0, 0.05) is 25.2 Å². The van der Waals surface area contributed by atoms with E-state index in [1.807, 2.05) is 0 Å². The maximum atomic E-state index is 12.6. The lowest BCUT2D eigenvalue weighted by atomic mass is 10.1. The van der Waals surface area contributed by atoms with Crippen molar-refractivity contribution in [1.82, 2.24) is 9.80 Å². The first-order valence-electron chi connectivity index (χ1n) is 7.10. The molecule has 5 nitrogen and oxygen atoms in total. The summed E-state index contributed by atoms with van der Waals surface area (Å²) in [5, 5.41) is 19.7. The van der Waals surface area contributed by atoms with E-state index < -0.39 is 0 Å². The third-order valence-corrected chi connectivity index (χ3v) is 4.67. The lowest BCUT2D eigenvalue weighted by Gasteiger charge is -2.26. The molecule has 2 aliphatic heterocycles. The van der Waals surface area contributed by atoms with E-state index in [0.29, 0.717) is 25.2 Å². The number of hydrogen-bond acceptors (Lipinski definition) is 4. The van der Waals surface area contributed by atoms with Gasteiger partial charge in [-0.1, -0.05) is 6.07 Å². The Morgan fingerprint density at radius 2 is 1.80 bits per heavy atom. The Morgan fingerprint density at radius 3 is 2.50 bits per heavy atom. The van der Waals surface area contributed by atoms with Crippen molar-refractivity contribution in [3.05, 3.63) is 23.8 Å². The molecule has 3 rings (SSSR count). The van der Waals surface area contributed by atoms with Crippen molar-refractivity contribution in [2.24, 2.45) is 0 Å². The van der Waals surface area contributed by atoms with Crippen LogP contribution in [-0.2, 0) is 0 Å². The summed E-state index contributed by atoms with van der Waals surface area (Å²) in [4.78, 5) is 16.7. The fraction of sp³-hybridized carbons (Fsp3) is 0.533. The van der Waals surface area contributed by atoms with E-state index in [1.54, 1.807) is 4.90 Å². The molecule has 108 valence electrons. The van der Waals surface area contributed by atoms with Crippen LogP contribution in [0.4, 0.5) is 0 Å². The van der Waals surface area contributed by atoms with Crippen molar-refractivity contribution in [3.63, 3.8) is 0 Å². The quantitative estimate of drug-likeness (QED) is 0.814. The van der Waals surface area contributed by atoms with Crippen molar-refractivity contribution in [1.29, 1.82) is 0 Å². The lowest BCUT2D eigenvalue weighted by molar-refractivity contribution is 0.0734. The maximum Gasteiger partial charge on any atom is 0.261 e.